The molecule has 2 atom stereocenters. The van der Waals surface area contributed by atoms with Gasteiger partial charge in [-0.25, -0.2) is 0 Å². The van der Waals surface area contributed by atoms with Crippen molar-refractivity contribution in [2.45, 2.75) is 66.0 Å². The number of hydrogen-bond donors (Lipinski definition) is 1. The van der Waals surface area contributed by atoms with Crippen LogP contribution in [0.5, 0.6) is 0 Å². The molecule has 1 fully saturated rings. The average molecular weight is 227 g/mol. The van der Waals surface area contributed by atoms with E-state index in [9.17, 15) is 5.11 Å². The van der Waals surface area contributed by atoms with Crippen molar-refractivity contribution in [3.63, 3.8) is 0 Å². The molecule has 16 heavy (non-hydrogen) atoms. The summed E-state index contributed by atoms with van der Waals surface area (Å²) < 4.78 is 0. The highest BCUT2D eigenvalue weighted by molar-refractivity contribution is 4.92. The first-order chi connectivity index (χ1) is 7.36. The molecule has 0 radical (unpaired) electrons. The van der Waals surface area contributed by atoms with Gasteiger partial charge in [0.25, 0.3) is 0 Å². The third-order valence-corrected chi connectivity index (χ3v) is 3.97. The van der Waals surface area contributed by atoms with Crippen molar-refractivity contribution < 1.29 is 5.11 Å². The van der Waals surface area contributed by atoms with Crippen molar-refractivity contribution in [1.29, 1.82) is 0 Å². The van der Waals surface area contributed by atoms with E-state index < -0.39 is 0 Å². The Bertz CT molecular complexity index is 213. The number of hydrogen-bond acceptors (Lipinski definition) is 2. The second-order valence-corrected chi connectivity index (χ2v) is 6.41. The van der Waals surface area contributed by atoms with Crippen LogP contribution in [0, 0.1) is 11.3 Å². The third-order valence-electron chi connectivity index (χ3n) is 3.97. The van der Waals surface area contributed by atoms with Gasteiger partial charge in [-0.1, -0.05) is 34.6 Å². The summed E-state index contributed by atoms with van der Waals surface area (Å²) in [5.74, 6) is 0.704. The summed E-state index contributed by atoms with van der Waals surface area (Å²) in [6.45, 7) is 13.7. The van der Waals surface area contributed by atoms with Gasteiger partial charge in [0.2, 0.25) is 0 Å². The average Bonchev–Trinajstić information content (AvgIpc) is 2.18. The second kappa shape index (κ2) is 5.50. The predicted molar refractivity (Wildman–Crippen MR) is 69.5 cm³/mol. The molecule has 0 aromatic heterocycles. The van der Waals surface area contributed by atoms with Crippen LogP contribution in [0.2, 0.25) is 0 Å². The minimum absolute atomic E-state index is 0.0840. The lowest BCUT2D eigenvalue weighted by Crippen LogP contribution is -2.51. The van der Waals surface area contributed by atoms with Gasteiger partial charge in [-0.05, 0) is 37.1 Å². The minimum atomic E-state index is -0.0840. The first kappa shape index (κ1) is 14.0. The molecule has 1 aliphatic carbocycles. The molecule has 2 nitrogen and oxygen atoms in total. The van der Waals surface area contributed by atoms with Gasteiger partial charge >= 0.3 is 0 Å². The Balaban J connectivity index is 2.71. The monoisotopic (exact) mass is 227 g/mol. The molecule has 0 aromatic carbocycles. The lowest BCUT2D eigenvalue weighted by Gasteiger charge is -2.47. The Hall–Kier alpha value is -0.0800. The zero-order valence-electron chi connectivity index (χ0n) is 11.7. The SMILES string of the molecule is CCN(CC(C)C)C1CC(O)CCC1(C)C. The summed E-state index contributed by atoms with van der Waals surface area (Å²) in [5, 5.41) is 9.86. The van der Waals surface area contributed by atoms with Crippen molar-refractivity contribution in [1.82, 2.24) is 4.90 Å². The van der Waals surface area contributed by atoms with Gasteiger partial charge in [0.15, 0.2) is 0 Å². The molecule has 1 rings (SSSR count). The highest BCUT2D eigenvalue weighted by Crippen LogP contribution is 2.38. The van der Waals surface area contributed by atoms with Crippen LogP contribution >= 0.6 is 0 Å². The van der Waals surface area contributed by atoms with Crippen molar-refractivity contribution in [3.05, 3.63) is 0 Å². The minimum Gasteiger partial charge on any atom is -0.393 e. The molecule has 0 aliphatic heterocycles. The summed E-state index contributed by atoms with van der Waals surface area (Å²) in [6, 6.07) is 0.545. The summed E-state index contributed by atoms with van der Waals surface area (Å²) in [4.78, 5) is 2.56. The van der Waals surface area contributed by atoms with Gasteiger partial charge in [0.1, 0.15) is 0 Å². The highest BCUT2D eigenvalue weighted by Gasteiger charge is 2.38. The molecule has 0 saturated heterocycles. The Morgan fingerprint density at radius 3 is 2.50 bits per heavy atom. The Labute approximate surface area is 101 Å². The number of aliphatic hydroxyl groups is 1. The third kappa shape index (κ3) is 3.46. The molecule has 0 amide bonds. The molecule has 0 heterocycles. The summed E-state index contributed by atoms with van der Waals surface area (Å²) in [6.07, 6.45) is 2.99. The molecule has 1 N–H and O–H groups in total. The van der Waals surface area contributed by atoms with Crippen LogP contribution in [-0.2, 0) is 0 Å². The molecule has 2 heteroatoms. The zero-order valence-corrected chi connectivity index (χ0v) is 11.7. The first-order valence-electron chi connectivity index (χ1n) is 6.79. The van der Waals surface area contributed by atoms with Crippen molar-refractivity contribution in [2.24, 2.45) is 11.3 Å². The van der Waals surface area contributed by atoms with Gasteiger partial charge in [-0.3, -0.25) is 4.90 Å². The van der Waals surface area contributed by atoms with Crippen LogP contribution in [-0.4, -0.2) is 35.2 Å². The summed E-state index contributed by atoms with van der Waals surface area (Å²) in [5.41, 5.74) is 0.351. The van der Waals surface area contributed by atoms with Crippen LogP contribution in [0.1, 0.15) is 53.9 Å². The fourth-order valence-corrected chi connectivity index (χ4v) is 2.99. The zero-order chi connectivity index (χ0) is 12.3. The molecule has 1 aliphatic rings. The van der Waals surface area contributed by atoms with Gasteiger partial charge in [-0.15, -0.1) is 0 Å². The molecule has 96 valence electrons. The lowest BCUT2D eigenvalue weighted by atomic mass is 9.71. The van der Waals surface area contributed by atoms with E-state index in [4.69, 9.17) is 0 Å². The molecule has 0 bridgehead atoms. The van der Waals surface area contributed by atoms with Crippen molar-refractivity contribution in [2.75, 3.05) is 13.1 Å². The van der Waals surface area contributed by atoms with E-state index in [0.717, 1.165) is 32.4 Å². The molecule has 1 saturated carbocycles. The normalized spacial score (nSPS) is 30.0. The van der Waals surface area contributed by atoms with Crippen LogP contribution < -0.4 is 0 Å². The van der Waals surface area contributed by atoms with Crippen LogP contribution in [0.15, 0.2) is 0 Å². The first-order valence-corrected chi connectivity index (χ1v) is 6.79. The quantitative estimate of drug-likeness (QED) is 0.798. The summed E-state index contributed by atoms with van der Waals surface area (Å²) >= 11 is 0. The van der Waals surface area contributed by atoms with E-state index in [0.29, 0.717) is 17.4 Å². The molecule has 0 aromatic rings. The second-order valence-electron chi connectivity index (χ2n) is 6.41. The lowest BCUT2D eigenvalue weighted by molar-refractivity contribution is -0.0136. The highest BCUT2D eigenvalue weighted by atomic mass is 16.3. The van der Waals surface area contributed by atoms with Gasteiger partial charge in [0.05, 0.1) is 6.10 Å². The van der Waals surface area contributed by atoms with Gasteiger partial charge < -0.3 is 5.11 Å². The largest absolute Gasteiger partial charge is 0.393 e. The van der Waals surface area contributed by atoms with Crippen LogP contribution in [0.4, 0.5) is 0 Å². The van der Waals surface area contributed by atoms with E-state index in [1.807, 2.05) is 0 Å². The summed E-state index contributed by atoms with van der Waals surface area (Å²) in [7, 11) is 0. The Morgan fingerprint density at radius 1 is 1.38 bits per heavy atom. The van der Waals surface area contributed by atoms with Gasteiger partial charge in [0, 0.05) is 12.6 Å². The van der Waals surface area contributed by atoms with E-state index in [1.54, 1.807) is 0 Å². The Kier molecular flexibility index (Phi) is 4.81. The Morgan fingerprint density at radius 2 is 2.00 bits per heavy atom. The van der Waals surface area contributed by atoms with Crippen LogP contribution in [0.25, 0.3) is 0 Å². The molecule has 0 spiro atoms. The van der Waals surface area contributed by atoms with E-state index in [-0.39, 0.29) is 6.10 Å². The smallest absolute Gasteiger partial charge is 0.0555 e. The predicted octanol–water partition coefficient (Wildman–Crippen LogP) is 2.90. The van der Waals surface area contributed by atoms with Crippen LogP contribution in [0.3, 0.4) is 0 Å². The maximum atomic E-state index is 9.86. The van der Waals surface area contributed by atoms with Gasteiger partial charge in [-0.2, -0.15) is 0 Å². The fraction of sp³-hybridized carbons (Fsp3) is 1.00. The molecular formula is C14H29NO. The standard InChI is InChI=1S/C14H29NO/c1-6-15(10-11(2)3)13-9-12(16)7-8-14(13,4)5/h11-13,16H,6-10H2,1-5H3. The number of aliphatic hydroxyl groups excluding tert-OH is 1. The number of rotatable bonds is 4. The maximum absolute atomic E-state index is 9.86. The van der Waals surface area contributed by atoms with Crippen molar-refractivity contribution >= 4 is 0 Å². The maximum Gasteiger partial charge on any atom is 0.0555 e. The molecule has 2 unspecified atom stereocenters. The molecular weight excluding hydrogens is 198 g/mol. The fourth-order valence-electron chi connectivity index (χ4n) is 2.99. The van der Waals surface area contributed by atoms with E-state index in [1.165, 1.54) is 0 Å². The number of nitrogens with zero attached hydrogens (tertiary/aromatic N) is 1. The van der Waals surface area contributed by atoms with Crippen molar-refractivity contribution in [3.8, 4) is 0 Å². The van der Waals surface area contributed by atoms with E-state index in [2.05, 4.69) is 39.5 Å². The van der Waals surface area contributed by atoms with E-state index >= 15 is 0 Å². The topological polar surface area (TPSA) is 23.5 Å².